The average molecular weight is 420 g/mol. The van der Waals surface area contributed by atoms with Crippen molar-refractivity contribution >= 4 is 17.0 Å². The molecule has 1 aliphatic heterocycles. The number of nitrogens with zero attached hydrogens (tertiary/aromatic N) is 4. The Morgan fingerprint density at radius 1 is 1.33 bits per heavy atom. The Hall–Kier alpha value is -3.17. The van der Waals surface area contributed by atoms with Gasteiger partial charge in [-0.15, -0.1) is 0 Å². The van der Waals surface area contributed by atoms with Crippen molar-refractivity contribution in [1.29, 1.82) is 0 Å². The fourth-order valence-electron chi connectivity index (χ4n) is 3.79. The zero-order chi connectivity index (χ0) is 21.5. The summed E-state index contributed by atoms with van der Waals surface area (Å²) in [6.07, 6.45) is -1.82. The highest BCUT2D eigenvalue weighted by Crippen LogP contribution is 2.38. The average Bonchev–Trinajstić information content (AvgIpc) is 3.12. The first kappa shape index (κ1) is 20.1. The van der Waals surface area contributed by atoms with Gasteiger partial charge in [0.2, 0.25) is 5.88 Å². The molecule has 3 aromatic heterocycles. The van der Waals surface area contributed by atoms with Gasteiger partial charge in [0.25, 0.3) is 11.6 Å². The molecule has 0 radical (unpaired) electrons. The number of fused-ring (bicyclic) bond motifs is 1. The van der Waals surface area contributed by atoms with E-state index in [1.165, 1.54) is 26.3 Å². The molecule has 158 valence electrons. The Kier molecular flexibility index (Phi) is 5.08. The number of amides is 1. The molecule has 0 spiro atoms. The summed E-state index contributed by atoms with van der Waals surface area (Å²) in [5.74, 6) is -0.257. The molecule has 1 amide bonds. The fraction of sp³-hybridized carbons (Fsp3) is 0.400. The summed E-state index contributed by atoms with van der Waals surface area (Å²) in [6, 6.07) is 4.17. The SMILES string of the molecule is COc1cc(C(=O)N2CCCC(c3cc(C(F)(F)F)c4c(C)noc4n3)C2)ccn1. The number of halogens is 3. The molecule has 1 saturated heterocycles. The number of rotatable bonds is 3. The number of pyridine rings is 2. The van der Waals surface area contributed by atoms with Crippen molar-refractivity contribution in [2.45, 2.75) is 31.9 Å². The molecule has 3 aromatic rings. The summed E-state index contributed by atoms with van der Waals surface area (Å²) in [7, 11) is 1.46. The molecule has 0 bridgehead atoms. The molecule has 4 rings (SSSR count). The first-order valence-electron chi connectivity index (χ1n) is 9.41. The maximum Gasteiger partial charge on any atom is 0.417 e. The number of carbonyl (C=O) groups is 1. The molecule has 7 nitrogen and oxygen atoms in total. The van der Waals surface area contributed by atoms with Crippen LogP contribution in [0.3, 0.4) is 0 Å². The fourth-order valence-corrected chi connectivity index (χ4v) is 3.79. The smallest absolute Gasteiger partial charge is 0.417 e. The van der Waals surface area contributed by atoms with Gasteiger partial charge in [-0.1, -0.05) is 5.16 Å². The van der Waals surface area contributed by atoms with Crippen molar-refractivity contribution in [3.63, 3.8) is 0 Å². The Morgan fingerprint density at radius 2 is 2.13 bits per heavy atom. The number of likely N-dealkylation sites (tertiary alicyclic amines) is 1. The normalized spacial score (nSPS) is 17.4. The number of piperidine rings is 1. The first-order chi connectivity index (χ1) is 14.3. The number of hydrogen-bond donors (Lipinski definition) is 0. The summed E-state index contributed by atoms with van der Waals surface area (Å²) >= 11 is 0. The number of methoxy groups -OCH3 is 1. The van der Waals surface area contributed by atoms with Gasteiger partial charge in [0.05, 0.1) is 29.4 Å². The zero-order valence-electron chi connectivity index (χ0n) is 16.4. The van der Waals surface area contributed by atoms with Crippen molar-refractivity contribution in [3.8, 4) is 5.88 Å². The second-order valence-electron chi connectivity index (χ2n) is 7.22. The quantitative estimate of drug-likeness (QED) is 0.638. The van der Waals surface area contributed by atoms with Crippen molar-refractivity contribution < 1.29 is 27.2 Å². The molecule has 1 unspecified atom stereocenters. The predicted octanol–water partition coefficient (Wildman–Crippen LogP) is 3.97. The Labute approximate surface area is 169 Å². The van der Waals surface area contributed by atoms with E-state index >= 15 is 0 Å². The minimum atomic E-state index is -4.57. The topological polar surface area (TPSA) is 81.4 Å². The highest BCUT2D eigenvalue weighted by molar-refractivity contribution is 5.94. The summed E-state index contributed by atoms with van der Waals surface area (Å²) in [5, 5.41) is 3.51. The number of aryl methyl sites for hydroxylation is 1. The van der Waals surface area contributed by atoms with E-state index < -0.39 is 11.7 Å². The van der Waals surface area contributed by atoms with Crippen LogP contribution in [0.5, 0.6) is 5.88 Å². The Balaban J connectivity index is 1.65. The molecule has 10 heteroatoms. The molecule has 1 aliphatic rings. The van der Waals surface area contributed by atoms with Crippen molar-refractivity contribution in [2.24, 2.45) is 0 Å². The van der Waals surface area contributed by atoms with Gasteiger partial charge in [0.1, 0.15) is 0 Å². The maximum atomic E-state index is 13.6. The Morgan fingerprint density at radius 3 is 2.87 bits per heavy atom. The summed E-state index contributed by atoms with van der Waals surface area (Å²) in [6.45, 7) is 2.22. The third kappa shape index (κ3) is 3.69. The summed E-state index contributed by atoms with van der Waals surface area (Å²) < 4.78 is 51.0. The standard InChI is InChI=1S/C20H19F3N4O3/c1-11-17-14(20(21,22)23)9-15(25-18(17)30-26-11)13-4-3-7-27(10-13)19(28)12-5-6-24-16(8-12)29-2/h5-6,8-9,13H,3-4,7,10H2,1-2H3. The van der Waals surface area contributed by atoms with Crippen LogP contribution in [0.25, 0.3) is 11.1 Å². The minimum absolute atomic E-state index is 0.126. The molecule has 0 aromatic carbocycles. The minimum Gasteiger partial charge on any atom is -0.481 e. The van der Waals surface area contributed by atoms with E-state index in [0.717, 1.165) is 6.07 Å². The molecular formula is C20H19F3N4O3. The van der Waals surface area contributed by atoms with Crippen LogP contribution in [0.15, 0.2) is 28.9 Å². The first-order valence-corrected chi connectivity index (χ1v) is 9.41. The van der Waals surface area contributed by atoms with E-state index in [2.05, 4.69) is 15.1 Å². The van der Waals surface area contributed by atoms with Crippen LogP contribution in [0.2, 0.25) is 0 Å². The molecule has 0 N–H and O–H groups in total. The highest BCUT2D eigenvalue weighted by atomic mass is 19.4. The number of hydrogen-bond acceptors (Lipinski definition) is 6. The second kappa shape index (κ2) is 7.58. The monoisotopic (exact) mass is 420 g/mol. The van der Waals surface area contributed by atoms with E-state index in [4.69, 9.17) is 9.26 Å². The zero-order valence-corrected chi connectivity index (χ0v) is 16.4. The second-order valence-corrected chi connectivity index (χ2v) is 7.22. The molecule has 0 saturated carbocycles. The lowest BCUT2D eigenvalue weighted by molar-refractivity contribution is -0.136. The number of ether oxygens (including phenoxy) is 1. The van der Waals surface area contributed by atoms with Gasteiger partial charge >= 0.3 is 6.18 Å². The lowest BCUT2D eigenvalue weighted by Gasteiger charge is -2.32. The lowest BCUT2D eigenvalue weighted by atomic mass is 9.92. The van der Waals surface area contributed by atoms with Crippen molar-refractivity contribution in [1.82, 2.24) is 20.0 Å². The van der Waals surface area contributed by atoms with E-state index in [-0.39, 0.29) is 40.9 Å². The number of alkyl halides is 3. The predicted molar refractivity (Wildman–Crippen MR) is 100 cm³/mol. The van der Waals surface area contributed by atoms with E-state index in [9.17, 15) is 18.0 Å². The van der Waals surface area contributed by atoms with Gasteiger partial charge in [-0.3, -0.25) is 4.79 Å². The van der Waals surface area contributed by atoms with Crippen LogP contribution in [0, 0.1) is 6.92 Å². The molecule has 4 heterocycles. The highest BCUT2D eigenvalue weighted by Gasteiger charge is 2.37. The van der Waals surface area contributed by atoms with Gasteiger partial charge in [0.15, 0.2) is 0 Å². The van der Waals surface area contributed by atoms with Gasteiger partial charge in [-0.2, -0.15) is 13.2 Å². The van der Waals surface area contributed by atoms with Gasteiger partial charge in [-0.25, -0.2) is 9.97 Å². The lowest BCUT2D eigenvalue weighted by Crippen LogP contribution is -2.39. The van der Waals surface area contributed by atoms with Crippen LogP contribution >= 0.6 is 0 Å². The maximum absolute atomic E-state index is 13.6. The third-order valence-electron chi connectivity index (χ3n) is 5.26. The third-order valence-corrected chi connectivity index (χ3v) is 5.26. The Bertz CT molecular complexity index is 1100. The van der Waals surface area contributed by atoms with Gasteiger partial charge in [0, 0.05) is 36.8 Å². The van der Waals surface area contributed by atoms with Crippen LogP contribution in [0.1, 0.15) is 46.1 Å². The molecular weight excluding hydrogens is 401 g/mol. The van der Waals surface area contributed by atoms with Crippen LogP contribution in [-0.4, -0.2) is 46.1 Å². The van der Waals surface area contributed by atoms with Gasteiger partial charge < -0.3 is 14.2 Å². The van der Waals surface area contributed by atoms with Crippen LogP contribution in [0.4, 0.5) is 13.2 Å². The summed E-state index contributed by atoms with van der Waals surface area (Å²) in [5.41, 5.74) is -0.157. The van der Waals surface area contributed by atoms with Gasteiger partial charge in [-0.05, 0) is 31.9 Å². The van der Waals surface area contributed by atoms with E-state index in [1.807, 2.05) is 0 Å². The van der Waals surface area contributed by atoms with Crippen molar-refractivity contribution in [3.05, 3.63) is 46.9 Å². The van der Waals surface area contributed by atoms with Crippen LogP contribution < -0.4 is 4.74 Å². The summed E-state index contributed by atoms with van der Waals surface area (Å²) in [4.78, 5) is 22.8. The molecule has 1 atom stereocenters. The number of carbonyl (C=O) groups excluding carboxylic acids is 1. The molecule has 1 fully saturated rings. The van der Waals surface area contributed by atoms with Crippen molar-refractivity contribution in [2.75, 3.05) is 20.2 Å². The van der Waals surface area contributed by atoms with Crippen LogP contribution in [-0.2, 0) is 6.18 Å². The van der Waals surface area contributed by atoms with E-state index in [0.29, 0.717) is 30.8 Å². The molecule has 30 heavy (non-hydrogen) atoms. The van der Waals surface area contributed by atoms with E-state index in [1.54, 1.807) is 11.0 Å². The molecule has 0 aliphatic carbocycles. The number of aromatic nitrogens is 3. The largest absolute Gasteiger partial charge is 0.481 e.